The van der Waals surface area contributed by atoms with Gasteiger partial charge in [-0.1, -0.05) is 5.92 Å². The summed E-state index contributed by atoms with van der Waals surface area (Å²) in [5, 5.41) is 0. The van der Waals surface area contributed by atoms with Gasteiger partial charge in [-0.2, -0.15) is 0 Å². The fourth-order valence-electron chi connectivity index (χ4n) is 0.141. The zero-order valence-corrected chi connectivity index (χ0v) is 3.66. The molecular weight excluding hydrogens is 79.1 g/mol. The summed E-state index contributed by atoms with van der Waals surface area (Å²) in [6.07, 6.45) is 5.47. The van der Waals surface area contributed by atoms with Crippen molar-refractivity contribution in [1.82, 2.24) is 0 Å². The van der Waals surface area contributed by atoms with Crippen LogP contribution in [0, 0.1) is 12.3 Å². The number of hydrogen-bond acceptors (Lipinski definition) is 0. The molecule has 1 radical (unpaired) electrons. The number of halogens is 1. The zero-order chi connectivity index (χ0) is 4.99. The maximum absolute atomic E-state index is 11.5. The first-order valence-electron chi connectivity index (χ1n) is 1.81. The van der Waals surface area contributed by atoms with Gasteiger partial charge in [-0.05, 0) is 13.3 Å². The minimum absolute atomic E-state index is 0.125. The Balaban J connectivity index is 2.88. The number of hydrogen-bond donors (Lipinski definition) is 0. The summed E-state index contributed by atoms with van der Waals surface area (Å²) < 4.78 is 11.5. The first kappa shape index (κ1) is 5.49. The third-order valence-electron chi connectivity index (χ3n) is 0.383. The summed E-state index contributed by atoms with van der Waals surface area (Å²) in [7, 11) is 0. The van der Waals surface area contributed by atoms with Crippen LogP contribution in [0.4, 0.5) is 4.39 Å². The second-order valence-corrected chi connectivity index (χ2v) is 1.16. The van der Waals surface area contributed by atoms with E-state index in [-0.39, 0.29) is 6.42 Å². The Morgan fingerprint density at radius 3 is 2.50 bits per heavy atom. The number of rotatable bonds is 1. The van der Waals surface area contributed by atoms with E-state index in [4.69, 9.17) is 6.42 Å². The van der Waals surface area contributed by atoms with Gasteiger partial charge in [-0.15, -0.1) is 0 Å². The van der Waals surface area contributed by atoms with E-state index in [0.29, 0.717) is 0 Å². The van der Waals surface area contributed by atoms with Gasteiger partial charge in [0.05, 0.1) is 0 Å². The van der Waals surface area contributed by atoms with Gasteiger partial charge in [0.2, 0.25) is 0 Å². The molecule has 0 aliphatic carbocycles. The Morgan fingerprint density at radius 1 is 2.00 bits per heavy atom. The average Bonchev–Trinajstić information content (AvgIpc) is 1.35. The summed E-state index contributed by atoms with van der Waals surface area (Å²) in [6, 6.07) is 0. The topological polar surface area (TPSA) is 0 Å². The Morgan fingerprint density at radius 2 is 2.50 bits per heavy atom. The van der Waals surface area contributed by atoms with Crippen LogP contribution >= 0.6 is 0 Å². The molecule has 0 bridgehead atoms. The van der Waals surface area contributed by atoms with Crippen molar-refractivity contribution in [3.8, 4) is 5.92 Å². The van der Waals surface area contributed by atoms with Crippen LogP contribution in [-0.4, -0.2) is 6.17 Å². The van der Waals surface area contributed by atoms with E-state index < -0.39 is 6.17 Å². The molecule has 0 rings (SSSR count). The van der Waals surface area contributed by atoms with Crippen LogP contribution in [0.25, 0.3) is 0 Å². The van der Waals surface area contributed by atoms with Crippen molar-refractivity contribution in [2.75, 3.05) is 0 Å². The lowest BCUT2D eigenvalue weighted by Crippen LogP contribution is -1.85. The summed E-state index contributed by atoms with van der Waals surface area (Å²) in [6.45, 7) is 1.40. The van der Waals surface area contributed by atoms with Crippen LogP contribution in [0.15, 0.2) is 0 Å². The zero-order valence-electron chi connectivity index (χ0n) is 3.66. The Bertz CT molecular complexity index is 58.8. The van der Waals surface area contributed by atoms with Crippen LogP contribution in [-0.2, 0) is 0 Å². The number of alkyl halides is 1. The lowest BCUT2D eigenvalue weighted by Gasteiger charge is -1.85. The van der Waals surface area contributed by atoms with E-state index in [0.717, 1.165) is 0 Å². The summed E-state index contributed by atoms with van der Waals surface area (Å²) in [5.74, 6) is 1.94. The van der Waals surface area contributed by atoms with Crippen molar-refractivity contribution in [3.05, 3.63) is 6.42 Å². The summed E-state index contributed by atoms with van der Waals surface area (Å²) >= 11 is 0. The highest BCUT2D eigenvalue weighted by Crippen LogP contribution is 1.90. The SMILES string of the molecule is [C]#CCC(C)F. The molecule has 0 fully saturated rings. The fraction of sp³-hybridized carbons (Fsp3) is 0.600. The molecule has 33 valence electrons. The van der Waals surface area contributed by atoms with Crippen molar-refractivity contribution < 1.29 is 4.39 Å². The molecule has 1 unspecified atom stereocenters. The molecule has 0 saturated heterocycles. The molecule has 1 heteroatoms. The molecule has 0 nitrogen and oxygen atoms in total. The first-order chi connectivity index (χ1) is 2.77. The molecule has 1 atom stereocenters. The van der Waals surface area contributed by atoms with Crippen molar-refractivity contribution >= 4 is 0 Å². The van der Waals surface area contributed by atoms with Crippen LogP contribution < -0.4 is 0 Å². The third kappa shape index (κ3) is 3.49. The van der Waals surface area contributed by atoms with E-state index in [1.807, 2.05) is 5.92 Å². The Kier molecular flexibility index (Phi) is 2.48. The van der Waals surface area contributed by atoms with Crippen LogP contribution in [0.3, 0.4) is 0 Å². The summed E-state index contributed by atoms with van der Waals surface area (Å²) in [5.41, 5.74) is 0. The van der Waals surface area contributed by atoms with Gasteiger partial charge in [0.1, 0.15) is 6.17 Å². The molecule has 0 N–H and O–H groups in total. The van der Waals surface area contributed by atoms with Gasteiger partial charge in [-0.25, -0.2) is 4.39 Å². The fourth-order valence-corrected chi connectivity index (χ4v) is 0.141. The van der Waals surface area contributed by atoms with Gasteiger partial charge in [0, 0.05) is 6.42 Å². The van der Waals surface area contributed by atoms with E-state index in [9.17, 15) is 4.39 Å². The van der Waals surface area contributed by atoms with Crippen LogP contribution in [0.2, 0.25) is 0 Å². The van der Waals surface area contributed by atoms with Crippen molar-refractivity contribution in [3.63, 3.8) is 0 Å². The van der Waals surface area contributed by atoms with Gasteiger partial charge >= 0.3 is 0 Å². The Labute approximate surface area is 37.4 Å². The molecule has 0 aliphatic rings. The molecule has 0 aromatic rings. The van der Waals surface area contributed by atoms with E-state index in [2.05, 4.69) is 0 Å². The maximum Gasteiger partial charge on any atom is 0.108 e. The highest BCUT2D eigenvalue weighted by atomic mass is 19.1. The normalized spacial score (nSPS) is 12.8. The Hall–Kier alpha value is -0.510. The van der Waals surface area contributed by atoms with Crippen molar-refractivity contribution in [1.29, 1.82) is 0 Å². The minimum Gasteiger partial charge on any atom is -0.247 e. The van der Waals surface area contributed by atoms with E-state index >= 15 is 0 Å². The standard InChI is InChI=1S/C5H6F/c1-3-4-5(2)6/h5H,4H2,2H3. The highest BCUT2D eigenvalue weighted by molar-refractivity contribution is 4.77. The van der Waals surface area contributed by atoms with E-state index in [1.165, 1.54) is 6.92 Å². The predicted molar refractivity (Wildman–Crippen MR) is 22.3 cm³/mol. The summed E-state index contributed by atoms with van der Waals surface area (Å²) in [4.78, 5) is 0. The van der Waals surface area contributed by atoms with Gasteiger partial charge in [0.25, 0.3) is 0 Å². The van der Waals surface area contributed by atoms with Crippen LogP contribution in [0.5, 0.6) is 0 Å². The lowest BCUT2D eigenvalue weighted by atomic mass is 10.3. The third-order valence-corrected chi connectivity index (χ3v) is 0.383. The average molecular weight is 85.1 g/mol. The maximum atomic E-state index is 11.5. The molecule has 6 heavy (non-hydrogen) atoms. The molecule has 0 aliphatic heterocycles. The molecule has 0 saturated carbocycles. The van der Waals surface area contributed by atoms with Gasteiger partial charge in [-0.3, -0.25) is 0 Å². The molecule has 0 spiro atoms. The molecule has 0 amide bonds. The highest BCUT2D eigenvalue weighted by Gasteiger charge is 1.88. The quantitative estimate of drug-likeness (QED) is 0.421. The van der Waals surface area contributed by atoms with Crippen LogP contribution in [0.1, 0.15) is 13.3 Å². The molecular formula is C5H6F. The second kappa shape index (κ2) is 2.71. The molecule has 0 aromatic heterocycles. The van der Waals surface area contributed by atoms with Gasteiger partial charge in [0.15, 0.2) is 0 Å². The van der Waals surface area contributed by atoms with E-state index in [1.54, 1.807) is 0 Å². The smallest absolute Gasteiger partial charge is 0.108 e. The van der Waals surface area contributed by atoms with Gasteiger partial charge < -0.3 is 0 Å². The molecule has 0 heterocycles. The predicted octanol–water partition coefficient (Wildman–Crippen LogP) is 1.32. The van der Waals surface area contributed by atoms with Crippen molar-refractivity contribution in [2.45, 2.75) is 19.5 Å². The minimum atomic E-state index is -0.900. The second-order valence-electron chi connectivity index (χ2n) is 1.16. The largest absolute Gasteiger partial charge is 0.247 e. The first-order valence-corrected chi connectivity index (χ1v) is 1.81. The monoisotopic (exact) mass is 85.0 g/mol. The lowest BCUT2D eigenvalue weighted by molar-refractivity contribution is 0.369. The molecule has 0 aromatic carbocycles. The van der Waals surface area contributed by atoms with Crippen molar-refractivity contribution in [2.24, 2.45) is 0 Å².